The zero-order valence-corrected chi connectivity index (χ0v) is 12.3. The highest BCUT2D eigenvalue weighted by atomic mass is 16.4. The molecule has 0 atom stereocenters. The summed E-state index contributed by atoms with van der Waals surface area (Å²) in [4.78, 5) is 34.3. The molecule has 0 saturated carbocycles. The topological polar surface area (TPSA) is 91.7 Å². The molecule has 1 rings (SSSR count). The summed E-state index contributed by atoms with van der Waals surface area (Å²) >= 11 is 0. The van der Waals surface area contributed by atoms with Gasteiger partial charge in [0.25, 0.3) is 0 Å². The lowest BCUT2D eigenvalue weighted by molar-refractivity contribution is -0.136. The molecule has 0 saturated heterocycles. The molecule has 0 spiro atoms. The fourth-order valence-corrected chi connectivity index (χ4v) is 1.85. The van der Waals surface area contributed by atoms with Crippen LogP contribution >= 0.6 is 0 Å². The SMILES string of the molecule is CCCC=C(C=CCC(=O)O)C(=O)c1ccccc1C(=O)O. The Morgan fingerprint density at radius 1 is 1.09 bits per heavy atom. The third-order valence-corrected chi connectivity index (χ3v) is 2.91. The van der Waals surface area contributed by atoms with Crippen molar-refractivity contribution in [2.75, 3.05) is 0 Å². The number of carboxylic acids is 2. The number of hydrogen-bond acceptors (Lipinski definition) is 3. The normalized spacial score (nSPS) is 11.6. The van der Waals surface area contributed by atoms with E-state index in [-0.39, 0.29) is 17.5 Å². The Bertz CT molecular complexity index is 626. The van der Waals surface area contributed by atoms with Crippen molar-refractivity contribution in [1.29, 1.82) is 0 Å². The summed E-state index contributed by atoms with van der Waals surface area (Å²) in [5, 5.41) is 17.8. The third kappa shape index (κ3) is 5.01. The van der Waals surface area contributed by atoms with Crippen molar-refractivity contribution in [3.05, 3.63) is 59.2 Å². The molecule has 0 unspecified atom stereocenters. The number of rotatable bonds is 8. The molecule has 0 heterocycles. The molecule has 0 aromatic heterocycles. The molecular formula is C17H18O5. The number of unbranched alkanes of at least 4 members (excludes halogenated alkanes) is 1. The second kappa shape index (κ2) is 8.56. The second-order valence-electron chi connectivity index (χ2n) is 4.63. The van der Waals surface area contributed by atoms with Crippen LogP contribution < -0.4 is 0 Å². The van der Waals surface area contributed by atoms with Crippen molar-refractivity contribution in [3.8, 4) is 0 Å². The van der Waals surface area contributed by atoms with Gasteiger partial charge in [-0.05, 0) is 12.5 Å². The van der Waals surface area contributed by atoms with Crippen LogP contribution in [-0.2, 0) is 4.79 Å². The van der Waals surface area contributed by atoms with Gasteiger partial charge in [0.2, 0.25) is 0 Å². The fraction of sp³-hybridized carbons (Fsp3) is 0.235. The van der Waals surface area contributed by atoms with Crippen molar-refractivity contribution in [1.82, 2.24) is 0 Å². The first-order chi connectivity index (χ1) is 10.5. The largest absolute Gasteiger partial charge is 0.481 e. The predicted octanol–water partition coefficient (Wildman–Crippen LogP) is 3.32. The number of aliphatic carboxylic acids is 1. The van der Waals surface area contributed by atoms with E-state index in [2.05, 4.69) is 0 Å². The van der Waals surface area contributed by atoms with E-state index in [1.165, 1.54) is 24.3 Å². The number of Topliss-reactive ketones (excluding diaryl/α,β-unsaturated/α-hetero) is 1. The van der Waals surface area contributed by atoms with Crippen LogP contribution in [0.1, 0.15) is 46.9 Å². The smallest absolute Gasteiger partial charge is 0.336 e. The number of carbonyl (C=O) groups is 3. The summed E-state index contributed by atoms with van der Waals surface area (Å²) in [7, 11) is 0. The summed E-state index contributed by atoms with van der Waals surface area (Å²) in [5.74, 6) is -2.59. The predicted molar refractivity (Wildman–Crippen MR) is 82.1 cm³/mol. The van der Waals surface area contributed by atoms with E-state index >= 15 is 0 Å². The minimum atomic E-state index is -1.17. The Balaban J connectivity index is 3.15. The van der Waals surface area contributed by atoms with Crippen molar-refractivity contribution in [3.63, 3.8) is 0 Å². The average Bonchev–Trinajstić information content (AvgIpc) is 2.49. The molecule has 22 heavy (non-hydrogen) atoms. The Labute approximate surface area is 128 Å². The molecule has 0 aliphatic heterocycles. The van der Waals surface area contributed by atoms with E-state index in [4.69, 9.17) is 10.2 Å². The van der Waals surface area contributed by atoms with Crippen LogP contribution in [-0.4, -0.2) is 27.9 Å². The Morgan fingerprint density at radius 2 is 1.73 bits per heavy atom. The molecule has 0 fully saturated rings. The minimum Gasteiger partial charge on any atom is -0.481 e. The van der Waals surface area contributed by atoms with E-state index < -0.39 is 17.7 Å². The number of hydrogen-bond donors (Lipinski definition) is 2. The van der Waals surface area contributed by atoms with Crippen molar-refractivity contribution in [2.45, 2.75) is 26.2 Å². The standard InChI is InChI=1S/C17H18O5/c1-2-3-7-12(8-6-11-15(18)19)16(20)13-9-4-5-10-14(13)17(21)22/h4-10H,2-3,11H2,1H3,(H,18,19)(H,21,22). The van der Waals surface area contributed by atoms with Gasteiger partial charge in [0.15, 0.2) is 5.78 Å². The van der Waals surface area contributed by atoms with E-state index in [0.29, 0.717) is 12.0 Å². The Kier molecular flexibility index (Phi) is 6.76. The molecule has 0 radical (unpaired) electrons. The Hall–Kier alpha value is -2.69. The lowest BCUT2D eigenvalue weighted by atomic mass is 9.97. The molecule has 116 valence electrons. The molecule has 0 amide bonds. The van der Waals surface area contributed by atoms with E-state index in [9.17, 15) is 14.4 Å². The van der Waals surface area contributed by atoms with E-state index in [0.717, 1.165) is 6.42 Å². The van der Waals surface area contributed by atoms with Crippen LogP contribution in [0, 0.1) is 0 Å². The number of carboxylic acid groups (broad SMARTS) is 2. The highest BCUT2D eigenvalue weighted by molar-refractivity contribution is 6.15. The van der Waals surface area contributed by atoms with Crippen LogP contribution in [0.25, 0.3) is 0 Å². The van der Waals surface area contributed by atoms with E-state index in [1.807, 2.05) is 6.92 Å². The number of carbonyl (C=O) groups excluding carboxylic acids is 1. The second-order valence-corrected chi connectivity index (χ2v) is 4.63. The maximum atomic E-state index is 12.5. The van der Waals surface area contributed by atoms with Crippen LogP contribution in [0.2, 0.25) is 0 Å². The van der Waals surface area contributed by atoms with Crippen LogP contribution in [0.3, 0.4) is 0 Å². The summed E-state index contributed by atoms with van der Waals surface area (Å²) in [6.45, 7) is 1.95. The van der Waals surface area contributed by atoms with E-state index in [1.54, 1.807) is 18.2 Å². The van der Waals surface area contributed by atoms with Crippen molar-refractivity contribution >= 4 is 17.7 Å². The van der Waals surface area contributed by atoms with Gasteiger partial charge >= 0.3 is 11.9 Å². The first kappa shape index (κ1) is 17.4. The summed E-state index contributed by atoms with van der Waals surface area (Å²) in [6.07, 6.45) is 5.78. The maximum Gasteiger partial charge on any atom is 0.336 e. The summed E-state index contributed by atoms with van der Waals surface area (Å²) in [6, 6.07) is 5.97. The van der Waals surface area contributed by atoms with Gasteiger partial charge in [-0.2, -0.15) is 0 Å². The lowest BCUT2D eigenvalue weighted by Crippen LogP contribution is -2.10. The maximum absolute atomic E-state index is 12.5. The van der Waals surface area contributed by atoms with Crippen LogP contribution in [0.4, 0.5) is 0 Å². The quantitative estimate of drug-likeness (QED) is 0.436. The van der Waals surface area contributed by atoms with Gasteiger partial charge in [0.05, 0.1) is 12.0 Å². The zero-order chi connectivity index (χ0) is 16.5. The zero-order valence-electron chi connectivity index (χ0n) is 12.3. The number of ketones is 1. The summed E-state index contributed by atoms with van der Waals surface area (Å²) in [5.41, 5.74) is 0.329. The average molecular weight is 302 g/mol. The molecule has 0 aliphatic rings. The molecule has 2 N–H and O–H groups in total. The first-order valence-corrected chi connectivity index (χ1v) is 6.92. The molecule has 1 aromatic rings. The first-order valence-electron chi connectivity index (χ1n) is 6.92. The molecular weight excluding hydrogens is 284 g/mol. The number of aromatic carboxylic acids is 1. The number of allylic oxidation sites excluding steroid dienone is 3. The van der Waals surface area contributed by atoms with Gasteiger partial charge < -0.3 is 10.2 Å². The summed E-state index contributed by atoms with van der Waals surface area (Å²) < 4.78 is 0. The highest BCUT2D eigenvalue weighted by Gasteiger charge is 2.17. The van der Waals surface area contributed by atoms with Gasteiger partial charge in [-0.3, -0.25) is 9.59 Å². The lowest BCUT2D eigenvalue weighted by Gasteiger charge is -2.06. The van der Waals surface area contributed by atoms with Gasteiger partial charge in [-0.15, -0.1) is 0 Å². The van der Waals surface area contributed by atoms with Gasteiger partial charge in [0.1, 0.15) is 0 Å². The van der Waals surface area contributed by atoms with Crippen LogP contribution in [0.5, 0.6) is 0 Å². The number of benzene rings is 1. The molecule has 1 aromatic carbocycles. The van der Waals surface area contributed by atoms with Gasteiger partial charge in [-0.25, -0.2) is 4.79 Å². The van der Waals surface area contributed by atoms with Crippen molar-refractivity contribution < 1.29 is 24.6 Å². The molecule has 5 heteroatoms. The van der Waals surface area contributed by atoms with Gasteiger partial charge in [-0.1, -0.05) is 49.8 Å². The molecule has 0 bridgehead atoms. The highest BCUT2D eigenvalue weighted by Crippen LogP contribution is 2.16. The third-order valence-electron chi connectivity index (χ3n) is 2.91. The van der Waals surface area contributed by atoms with Crippen LogP contribution in [0.15, 0.2) is 48.1 Å². The molecule has 0 aliphatic carbocycles. The Morgan fingerprint density at radius 3 is 2.27 bits per heavy atom. The minimum absolute atomic E-state index is 0.0680. The van der Waals surface area contributed by atoms with Crippen molar-refractivity contribution in [2.24, 2.45) is 0 Å². The van der Waals surface area contributed by atoms with Gasteiger partial charge in [0, 0.05) is 11.1 Å². The monoisotopic (exact) mass is 302 g/mol. The fourth-order valence-electron chi connectivity index (χ4n) is 1.85. The molecule has 5 nitrogen and oxygen atoms in total.